The summed E-state index contributed by atoms with van der Waals surface area (Å²) in [4.78, 5) is 4.24. The van der Waals surface area contributed by atoms with Crippen molar-refractivity contribution >= 4 is 6.34 Å². The summed E-state index contributed by atoms with van der Waals surface area (Å²) in [5.41, 5.74) is 5.75. The number of hydrazine groups is 1. The van der Waals surface area contributed by atoms with Gasteiger partial charge in [-0.05, 0) is 0 Å². The molecule has 2 aliphatic carbocycles. The fourth-order valence-corrected chi connectivity index (χ4v) is 2.29. The van der Waals surface area contributed by atoms with Crippen molar-refractivity contribution in [2.45, 2.75) is 6.42 Å². The van der Waals surface area contributed by atoms with Crippen LogP contribution in [0.5, 0.6) is 0 Å². The van der Waals surface area contributed by atoms with Gasteiger partial charge in [-0.1, -0.05) is 12.2 Å². The predicted molar refractivity (Wildman–Crippen MR) is 44.8 cm³/mol. The first kappa shape index (κ1) is 5.19. The molecule has 0 aromatic rings. The third kappa shape index (κ3) is 0.339. The van der Waals surface area contributed by atoms with Crippen LogP contribution in [0.25, 0.3) is 0 Å². The first-order valence-corrected chi connectivity index (χ1v) is 4.16. The third-order valence-corrected chi connectivity index (χ3v) is 2.92. The van der Waals surface area contributed by atoms with Crippen molar-refractivity contribution in [2.24, 2.45) is 4.99 Å². The van der Waals surface area contributed by atoms with Crippen molar-refractivity contribution in [3.63, 3.8) is 0 Å². The average Bonchev–Trinajstić information content (AvgIpc) is 2.56. The fourth-order valence-electron chi connectivity index (χ4n) is 2.29. The molecule has 3 nitrogen and oxygen atoms in total. The van der Waals surface area contributed by atoms with Crippen LogP contribution in [-0.4, -0.2) is 23.0 Å². The molecule has 2 heterocycles. The van der Waals surface area contributed by atoms with E-state index in [-0.39, 0.29) is 0 Å². The molecule has 0 unspecified atom stereocenters. The highest BCUT2D eigenvalue weighted by Gasteiger charge is 2.42. The van der Waals surface area contributed by atoms with E-state index in [0.717, 1.165) is 13.1 Å². The van der Waals surface area contributed by atoms with E-state index < -0.39 is 0 Å². The third-order valence-electron chi connectivity index (χ3n) is 2.92. The summed E-state index contributed by atoms with van der Waals surface area (Å²) in [6.45, 7) is 0.809. The van der Waals surface area contributed by atoms with E-state index in [2.05, 4.69) is 27.2 Å². The van der Waals surface area contributed by atoms with E-state index in [9.17, 15) is 0 Å². The van der Waals surface area contributed by atoms with Crippen LogP contribution in [0.3, 0.4) is 0 Å². The molecule has 1 fully saturated rings. The van der Waals surface area contributed by atoms with E-state index in [1.165, 1.54) is 22.5 Å². The SMILES string of the molecule is C1=CC2=C3CC(=C12)N1C=NCN31. The van der Waals surface area contributed by atoms with Crippen molar-refractivity contribution in [1.82, 2.24) is 10.0 Å². The van der Waals surface area contributed by atoms with Crippen molar-refractivity contribution < 1.29 is 0 Å². The van der Waals surface area contributed by atoms with Gasteiger partial charge >= 0.3 is 0 Å². The minimum Gasteiger partial charge on any atom is -0.262 e. The van der Waals surface area contributed by atoms with Gasteiger partial charge in [0.25, 0.3) is 0 Å². The zero-order valence-corrected chi connectivity index (χ0v) is 6.49. The topological polar surface area (TPSA) is 18.8 Å². The zero-order valence-electron chi connectivity index (χ0n) is 6.49. The summed E-state index contributed by atoms with van der Waals surface area (Å²) < 4.78 is 0. The Kier molecular flexibility index (Phi) is 0.585. The Morgan fingerprint density at radius 1 is 1.17 bits per heavy atom. The van der Waals surface area contributed by atoms with Crippen LogP contribution in [0.15, 0.2) is 39.7 Å². The lowest BCUT2D eigenvalue weighted by Gasteiger charge is -2.30. The fraction of sp³-hybridized carbons (Fsp3) is 0.222. The van der Waals surface area contributed by atoms with Crippen LogP contribution in [0.1, 0.15) is 6.42 Å². The van der Waals surface area contributed by atoms with Crippen molar-refractivity contribution in [1.29, 1.82) is 0 Å². The summed E-state index contributed by atoms with van der Waals surface area (Å²) in [5, 5.41) is 4.43. The summed E-state index contributed by atoms with van der Waals surface area (Å²) in [7, 11) is 0. The largest absolute Gasteiger partial charge is 0.262 e. The highest BCUT2D eigenvalue weighted by molar-refractivity contribution is 5.73. The number of rotatable bonds is 0. The number of hydrogen-bond acceptors (Lipinski definition) is 3. The number of hydrogen-bond donors (Lipinski definition) is 0. The molecule has 1 saturated heterocycles. The molecule has 0 saturated carbocycles. The second-order valence-corrected chi connectivity index (χ2v) is 3.41. The van der Waals surface area contributed by atoms with E-state index in [4.69, 9.17) is 0 Å². The Bertz CT molecular complexity index is 411. The molecule has 4 rings (SSSR count). The Morgan fingerprint density at radius 2 is 2.00 bits per heavy atom. The van der Waals surface area contributed by atoms with Crippen LogP contribution in [0, 0.1) is 0 Å². The highest BCUT2D eigenvalue weighted by Crippen LogP contribution is 2.49. The second-order valence-electron chi connectivity index (χ2n) is 3.41. The van der Waals surface area contributed by atoms with Gasteiger partial charge in [0.05, 0.1) is 11.4 Å². The molecule has 58 valence electrons. The van der Waals surface area contributed by atoms with Gasteiger partial charge in [0.1, 0.15) is 13.0 Å². The van der Waals surface area contributed by atoms with Gasteiger partial charge < -0.3 is 0 Å². The van der Waals surface area contributed by atoms with Gasteiger partial charge in [0, 0.05) is 17.6 Å². The first-order chi connectivity index (χ1) is 5.95. The number of fused-ring (bicyclic) bond motifs is 6. The van der Waals surface area contributed by atoms with E-state index in [1.54, 1.807) is 0 Å². The minimum absolute atomic E-state index is 0.809. The standard InChI is InChI=1S/C9H7N3/c1-2-7-6(1)8-3-9(7)12-5-10-4-11(8)12/h1-2,4H,3,5H2. The summed E-state index contributed by atoms with van der Waals surface area (Å²) >= 11 is 0. The summed E-state index contributed by atoms with van der Waals surface area (Å²) in [6.07, 6.45) is 7.44. The molecule has 0 N–H and O–H groups in total. The molecule has 0 aromatic heterocycles. The molecule has 0 amide bonds. The maximum atomic E-state index is 4.24. The zero-order chi connectivity index (χ0) is 7.71. The molecule has 0 spiro atoms. The van der Waals surface area contributed by atoms with Crippen LogP contribution < -0.4 is 0 Å². The minimum atomic E-state index is 0.809. The maximum Gasteiger partial charge on any atom is 0.131 e. The molecule has 0 radical (unpaired) electrons. The molecular weight excluding hydrogens is 150 g/mol. The molecule has 2 bridgehead atoms. The van der Waals surface area contributed by atoms with Crippen LogP contribution in [-0.2, 0) is 0 Å². The number of nitrogens with zero attached hydrogens (tertiary/aromatic N) is 3. The summed E-state index contributed by atoms with van der Waals surface area (Å²) in [6, 6.07) is 0. The molecular formula is C9H7N3. The van der Waals surface area contributed by atoms with Gasteiger partial charge in [0.2, 0.25) is 0 Å². The highest BCUT2D eigenvalue weighted by atomic mass is 15.7. The smallest absolute Gasteiger partial charge is 0.131 e. The van der Waals surface area contributed by atoms with Gasteiger partial charge in [-0.3, -0.25) is 10.0 Å². The second kappa shape index (κ2) is 1.35. The lowest BCUT2D eigenvalue weighted by Crippen LogP contribution is -2.32. The van der Waals surface area contributed by atoms with Crippen LogP contribution in [0.2, 0.25) is 0 Å². The van der Waals surface area contributed by atoms with E-state index >= 15 is 0 Å². The number of aliphatic imine (C=N–C) groups is 1. The van der Waals surface area contributed by atoms with E-state index in [1.807, 2.05) is 6.34 Å². The van der Waals surface area contributed by atoms with Crippen molar-refractivity contribution in [3.8, 4) is 0 Å². The molecule has 0 atom stereocenters. The molecule has 0 aromatic carbocycles. The van der Waals surface area contributed by atoms with E-state index in [0.29, 0.717) is 0 Å². The predicted octanol–water partition coefficient (Wildman–Crippen LogP) is 1.00. The average molecular weight is 157 g/mol. The quantitative estimate of drug-likeness (QED) is 0.522. The van der Waals surface area contributed by atoms with Crippen LogP contribution in [0.4, 0.5) is 0 Å². The Hall–Kier alpha value is -1.51. The lowest BCUT2D eigenvalue weighted by molar-refractivity contribution is 0.189. The van der Waals surface area contributed by atoms with Gasteiger partial charge in [-0.25, -0.2) is 5.01 Å². The van der Waals surface area contributed by atoms with Crippen molar-refractivity contribution in [3.05, 3.63) is 34.7 Å². The van der Waals surface area contributed by atoms with Gasteiger partial charge in [-0.15, -0.1) is 0 Å². The molecule has 3 heteroatoms. The number of allylic oxidation sites excluding steroid dienone is 4. The maximum absolute atomic E-state index is 4.24. The summed E-state index contributed by atoms with van der Waals surface area (Å²) in [5.74, 6) is 0. The lowest BCUT2D eigenvalue weighted by atomic mass is 9.96. The Labute approximate surface area is 70.0 Å². The molecule has 12 heavy (non-hydrogen) atoms. The van der Waals surface area contributed by atoms with Crippen molar-refractivity contribution in [2.75, 3.05) is 6.67 Å². The monoisotopic (exact) mass is 157 g/mol. The Morgan fingerprint density at radius 3 is 2.83 bits per heavy atom. The first-order valence-electron chi connectivity index (χ1n) is 4.16. The van der Waals surface area contributed by atoms with Crippen LogP contribution >= 0.6 is 0 Å². The molecule has 4 aliphatic rings. The van der Waals surface area contributed by atoms with Gasteiger partial charge in [0.15, 0.2) is 0 Å². The Balaban J connectivity index is 2.03. The molecule has 2 aliphatic heterocycles. The normalized spacial score (nSPS) is 27.3. The van der Waals surface area contributed by atoms with Gasteiger partial charge in [-0.2, -0.15) is 0 Å².